The Morgan fingerprint density at radius 3 is 2.47 bits per heavy atom. The van der Waals surface area contributed by atoms with E-state index in [1.54, 1.807) is 12.1 Å². The van der Waals surface area contributed by atoms with Gasteiger partial charge in [-0.15, -0.1) is 0 Å². The van der Waals surface area contributed by atoms with E-state index in [4.69, 9.17) is 4.74 Å². The minimum Gasteiger partial charge on any atom is -0.460 e. The number of nitrogens with one attached hydrogen (secondary N) is 1. The van der Waals surface area contributed by atoms with Crippen molar-refractivity contribution in [3.8, 4) is 0 Å². The summed E-state index contributed by atoms with van der Waals surface area (Å²) in [5.41, 5.74) is 2.83. The Balaban J connectivity index is 1.76. The number of esters is 1. The van der Waals surface area contributed by atoms with Crippen LogP contribution in [0.25, 0.3) is 0 Å². The first-order valence-corrected chi connectivity index (χ1v) is 6.29. The predicted octanol–water partition coefficient (Wildman–Crippen LogP) is 3.26. The zero-order valence-electron chi connectivity index (χ0n) is 10.9. The molecule has 19 heavy (non-hydrogen) atoms. The highest BCUT2D eigenvalue weighted by Crippen LogP contribution is 2.12. The van der Waals surface area contributed by atoms with Crippen molar-refractivity contribution in [2.24, 2.45) is 0 Å². The molecule has 0 saturated heterocycles. The van der Waals surface area contributed by atoms with Crippen LogP contribution in [-0.2, 0) is 4.74 Å². The van der Waals surface area contributed by atoms with Crippen molar-refractivity contribution < 1.29 is 9.53 Å². The largest absolute Gasteiger partial charge is 0.460 e. The lowest BCUT2D eigenvalue weighted by Crippen LogP contribution is -2.14. The molecule has 1 N–H and O–H groups in total. The molecule has 0 aromatic heterocycles. The molecule has 2 rings (SSSR count). The van der Waals surface area contributed by atoms with Gasteiger partial charge in [0.1, 0.15) is 6.61 Å². The number of hydrogen-bond donors (Lipinski definition) is 1. The van der Waals surface area contributed by atoms with E-state index in [0.29, 0.717) is 18.7 Å². The first-order chi connectivity index (χ1) is 9.27. The molecule has 0 fully saturated rings. The van der Waals surface area contributed by atoms with Crippen molar-refractivity contribution >= 4 is 11.7 Å². The standard InChI is InChI=1S/C16H17NO2/c1-13-7-5-6-10-15(13)17-11-12-19-16(18)14-8-3-2-4-9-14/h2-10,17H,11-12H2,1H3. The third-order valence-corrected chi connectivity index (χ3v) is 2.81. The van der Waals surface area contributed by atoms with Crippen LogP contribution in [0.15, 0.2) is 54.6 Å². The lowest BCUT2D eigenvalue weighted by molar-refractivity contribution is 0.0520. The quantitative estimate of drug-likeness (QED) is 0.658. The Morgan fingerprint density at radius 2 is 1.74 bits per heavy atom. The maximum Gasteiger partial charge on any atom is 0.338 e. The van der Waals surface area contributed by atoms with E-state index in [2.05, 4.69) is 5.32 Å². The molecule has 0 amide bonds. The summed E-state index contributed by atoms with van der Waals surface area (Å²) in [4.78, 5) is 11.7. The fourth-order valence-electron chi connectivity index (χ4n) is 1.76. The van der Waals surface area contributed by atoms with Gasteiger partial charge in [-0.2, -0.15) is 0 Å². The van der Waals surface area contributed by atoms with Crippen LogP contribution < -0.4 is 5.32 Å². The van der Waals surface area contributed by atoms with E-state index in [0.717, 1.165) is 5.69 Å². The highest BCUT2D eigenvalue weighted by Gasteiger charge is 2.05. The Kier molecular flexibility index (Phi) is 4.56. The van der Waals surface area contributed by atoms with E-state index in [-0.39, 0.29) is 5.97 Å². The van der Waals surface area contributed by atoms with Crippen molar-refractivity contribution in [3.05, 3.63) is 65.7 Å². The van der Waals surface area contributed by atoms with Crippen LogP contribution in [0, 0.1) is 6.92 Å². The normalized spacial score (nSPS) is 9.95. The molecule has 2 aromatic carbocycles. The number of carbonyl (C=O) groups is 1. The number of ether oxygens (including phenoxy) is 1. The van der Waals surface area contributed by atoms with Gasteiger partial charge in [0.25, 0.3) is 0 Å². The van der Waals surface area contributed by atoms with Gasteiger partial charge in [-0.25, -0.2) is 4.79 Å². The van der Waals surface area contributed by atoms with Gasteiger partial charge in [0.15, 0.2) is 0 Å². The summed E-state index contributed by atoms with van der Waals surface area (Å²) in [6.07, 6.45) is 0. The Bertz CT molecular complexity index is 537. The van der Waals surface area contributed by atoms with Crippen LogP contribution in [0.3, 0.4) is 0 Å². The third-order valence-electron chi connectivity index (χ3n) is 2.81. The van der Waals surface area contributed by atoms with E-state index >= 15 is 0 Å². The summed E-state index contributed by atoms with van der Waals surface area (Å²) >= 11 is 0. The fourth-order valence-corrected chi connectivity index (χ4v) is 1.76. The minimum atomic E-state index is -0.285. The summed E-state index contributed by atoms with van der Waals surface area (Å²) in [7, 11) is 0. The van der Waals surface area contributed by atoms with Crippen LogP contribution in [0.2, 0.25) is 0 Å². The highest BCUT2D eigenvalue weighted by atomic mass is 16.5. The number of benzene rings is 2. The van der Waals surface area contributed by atoms with Crippen LogP contribution in [0.1, 0.15) is 15.9 Å². The minimum absolute atomic E-state index is 0.285. The first kappa shape index (κ1) is 13.1. The molecule has 0 radical (unpaired) electrons. The second-order valence-electron chi connectivity index (χ2n) is 4.24. The predicted molar refractivity (Wildman–Crippen MR) is 76.4 cm³/mol. The van der Waals surface area contributed by atoms with Gasteiger partial charge < -0.3 is 10.1 Å². The molecule has 0 aliphatic rings. The molecule has 0 aliphatic heterocycles. The highest BCUT2D eigenvalue weighted by molar-refractivity contribution is 5.89. The zero-order chi connectivity index (χ0) is 13.5. The van der Waals surface area contributed by atoms with Crippen LogP contribution in [0.4, 0.5) is 5.69 Å². The number of hydrogen-bond acceptors (Lipinski definition) is 3. The summed E-state index contributed by atoms with van der Waals surface area (Å²) < 4.78 is 5.19. The SMILES string of the molecule is Cc1ccccc1NCCOC(=O)c1ccccc1. The van der Waals surface area contributed by atoms with E-state index in [1.807, 2.05) is 49.4 Å². The Labute approximate surface area is 113 Å². The molecule has 3 nitrogen and oxygen atoms in total. The molecule has 0 saturated carbocycles. The number of para-hydroxylation sites is 1. The fraction of sp³-hybridized carbons (Fsp3) is 0.188. The van der Waals surface area contributed by atoms with Gasteiger partial charge in [-0.05, 0) is 30.7 Å². The van der Waals surface area contributed by atoms with Crippen molar-refractivity contribution in [1.82, 2.24) is 0 Å². The summed E-state index contributed by atoms with van der Waals surface area (Å²) in [5, 5.41) is 3.24. The molecule has 3 heteroatoms. The van der Waals surface area contributed by atoms with Gasteiger partial charge in [-0.3, -0.25) is 0 Å². The maximum absolute atomic E-state index is 11.7. The maximum atomic E-state index is 11.7. The summed E-state index contributed by atoms with van der Waals surface area (Å²) in [6, 6.07) is 17.0. The molecule has 0 heterocycles. The average Bonchev–Trinajstić information content (AvgIpc) is 2.46. The van der Waals surface area contributed by atoms with Gasteiger partial charge in [0.2, 0.25) is 0 Å². The van der Waals surface area contributed by atoms with Gasteiger partial charge >= 0.3 is 5.97 Å². The molecule has 0 spiro atoms. The van der Waals surface area contributed by atoms with Crippen molar-refractivity contribution in [2.45, 2.75) is 6.92 Å². The number of aryl methyl sites for hydroxylation is 1. The Hall–Kier alpha value is -2.29. The topological polar surface area (TPSA) is 38.3 Å². The molecule has 0 bridgehead atoms. The number of carbonyl (C=O) groups excluding carboxylic acids is 1. The molecule has 98 valence electrons. The van der Waals surface area contributed by atoms with Crippen molar-refractivity contribution in [1.29, 1.82) is 0 Å². The van der Waals surface area contributed by atoms with E-state index in [9.17, 15) is 4.79 Å². The lowest BCUT2D eigenvalue weighted by atomic mass is 10.2. The molecule has 0 atom stereocenters. The van der Waals surface area contributed by atoms with Gasteiger partial charge in [0.05, 0.1) is 5.56 Å². The van der Waals surface area contributed by atoms with E-state index < -0.39 is 0 Å². The number of rotatable bonds is 5. The molecular weight excluding hydrogens is 238 g/mol. The zero-order valence-corrected chi connectivity index (χ0v) is 10.9. The summed E-state index contributed by atoms with van der Waals surface area (Å²) in [5.74, 6) is -0.285. The summed E-state index contributed by atoms with van der Waals surface area (Å²) in [6.45, 7) is 2.99. The van der Waals surface area contributed by atoms with Gasteiger partial charge in [0, 0.05) is 12.2 Å². The molecule has 0 aliphatic carbocycles. The third kappa shape index (κ3) is 3.85. The monoisotopic (exact) mass is 255 g/mol. The van der Waals surface area contributed by atoms with Crippen LogP contribution >= 0.6 is 0 Å². The number of anilines is 1. The van der Waals surface area contributed by atoms with Crippen LogP contribution in [-0.4, -0.2) is 19.1 Å². The lowest BCUT2D eigenvalue weighted by Gasteiger charge is -2.09. The molecule has 0 unspecified atom stereocenters. The second-order valence-corrected chi connectivity index (χ2v) is 4.24. The Morgan fingerprint density at radius 1 is 1.05 bits per heavy atom. The van der Waals surface area contributed by atoms with Crippen LogP contribution in [0.5, 0.6) is 0 Å². The van der Waals surface area contributed by atoms with Gasteiger partial charge in [-0.1, -0.05) is 36.4 Å². The first-order valence-electron chi connectivity index (χ1n) is 6.29. The van der Waals surface area contributed by atoms with Crippen molar-refractivity contribution in [2.75, 3.05) is 18.5 Å². The average molecular weight is 255 g/mol. The van der Waals surface area contributed by atoms with Crippen molar-refractivity contribution in [3.63, 3.8) is 0 Å². The smallest absolute Gasteiger partial charge is 0.338 e. The second kappa shape index (κ2) is 6.59. The molecule has 2 aromatic rings. The van der Waals surface area contributed by atoms with E-state index in [1.165, 1.54) is 5.56 Å². The molecular formula is C16H17NO2.